The molecule has 5 heteroatoms. The van der Waals surface area contributed by atoms with Gasteiger partial charge < -0.3 is 0 Å². The number of nitrogens with zero attached hydrogens (tertiary/aromatic N) is 2. The van der Waals surface area contributed by atoms with Crippen molar-refractivity contribution in [1.29, 1.82) is 0 Å². The molecule has 0 aliphatic heterocycles. The molecule has 82 valence electrons. The molecular weight excluding hydrogens is 336 g/mol. The van der Waals surface area contributed by atoms with Gasteiger partial charge in [-0.25, -0.2) is 4.98 Å². The van der Waals surface area contributed by atoms with Crippen molar-refractivity contribution in [1.82, 2.24) is 9.38 Å². The lowest BCUT2D eigenvalue weighted by Crippen LogP contribution is -2.20. The molecule has 0 amide bonds. The van der Waals surface area contributed by atoms with Crippen molar-refractivity contribution in [2.24, 2.45) is 0 Å². The number of fused-ring (bicyclic) bond motifs is 2. The van der Waals surface area contributed by atoms with Crippen molar-refractivity contribution in [2.45, 2.75) is 19.3 Å². The van der Waals surface area contributed by atoms with E-state index in [0.717, 1.165) is 39.5 Å². The quantitative estimate of drug-likeness (QED) is 0.737. The Kier molecular flexibility index (Phi) is 2.40. The molecule has 0 bridgehead atoms. The maximum Gasteiger partial charge on any atom is 0.261 e. The molecule has 1 aliphatic rings. The minimum absolute atomic E-state index is 0.0747. The standard InChI is InChI=1S/C11H8Br2N2O/c12-7-4-5-15-10(9(7)13)14-8-3-1-2-6(8)11(15)16/h4-5H,1-3H2. The fraction of sp³-hybridized carbons (Fsp3) is 0.273. The summed E-state index contributed by atoms with van der Waals surface area (Å²) in [5.41, 5.74) is 2.61. The molecule has 2 heterocycles. The first-order valence-electron chi connectivity index (χ1n) is 5.06. The van der Waals surface area contributed by atoms with Crippen LogP contribution in [0.3, 0.4) is 0 Å². The Bertz CT molecular complexity index is 648. The Balaban J connectivity index is 2.51. The largest absolute Gasteiger partial charge is 0.269 e. The summed E-state index contributed by atoms with van der Waals surface area (Å²) in [6.07, 6.45) is 4.57. The van der Waals surface area contributed by atoms with Gasteiger partial charge in [-0.05, 0) is 57.2 Å². The van der Waals surface area contributed by atoms with Crippen LogP contribution < -0.4 is 5.56 Å². The van der Waals surface area contributed by atoms with Gasteiger partial charge in [0.15, 0.2) is 5.65 Å². The van der Waals surface area contributed by atoms with Gasteiger partial charge in [-0.2, -0.15) is 0 Å². The molecule has 1 aliphatic carbocycles. The third-order valence-corrected chi connectivity index (χ3v) is 4.89. The van der Waals surface area contributed by atoms with E-state index in [0.29, 0.717) is 5.65 Å². The summed E-state index contributed by atoms with van der Waals surface area (Å²) in [6, 6.07) is 1.85. The molecule has 0 radical (unpaired) electrons. The van der Waals surface area contributed by atoms with E-state index in [2.05, 4.69) is 36.8 Å². The van der Waals surface area contributed by atoms with E-state index in [-0.39, 0.29) is 5.56 Å². The van der Waals surface area contributed by atoms with Crippen molar-refractivity contribution in [3.63, 3.8) is 0 Å². The Morgan fingerprint density at radius 1 is 1.31 bits per heavy atom. The highest BCUT2D eigenvalue weighted by molar-refractivity contribution is 9.13. The molecule has 0 aromatic carbocycles. The van der Waals surface area contributed by atoms with Gasteiger partial charge in [-0.1, -0.05) is 0 Å². The lowest BCUT2D eigenvalue weighted by atomic mass is 10.2. The van der Waals surface area contributed by atoms with Crippen LogP contribution in [0.4, 0.5) is 0 Å². The highest BCUT2D eigenvalue weighted by Crippen LogP contribution is 2.27. The van der Waals surface area contributed by atoms with Crippen LogP contribution in [0.1, 0.15) is 17.7 Å². The molecule has 0 spiro atoms. The molecule has 2 aromatic rings. The smallest absolute Gasteiger partial charge is 0.261 e. The maximum absolute atomic E-state index is 12.2. The van der Waals surface area contributed by atoms with Gasteiger partial charge >= 0.3 is 0 Å². The highest BCUT2D eigenvalue weighted by atomic mass is 79.9. The van der Waals surface area contributed by atoms with E-state index in [1.54, 1.807) is 10.6 Å². The second-order valence-corrected chi connectivity index (χ2v) is 5.51. The highest BCUT2D eigenvalue weighted by Gasteiger charge is 2.19. The third kappa shape index (κ3) is 1.38. The summed E-state index contributed by atoms with van der Waals surface area (Å²) in [5.74, 6) is 0. The number of hydrogen-bond acceptors (Lipinski definition) is 2. The number of aromatic nitrogens is 2. The van der Waals surface area contributed by atoms with Gasteiger partial charge in [0.25, 0.3) is 5.56 Å². The lowest BCUT2D eigenvalue weighted by Gasteiger charge is -2.06. The zero-order valence-corrected chi connectivity index (χ0v) is 11.5. The molecule has 0 atom stereocenters. The predicted octanol–water partition coefficient (Wildman–Crippen LogP) is 2.71. The molecule has 0 unspecified atom stereocenters. The lowest BCUT2D eigenvalue weighted by molar-refractivity contribution is 0.899. The van der Waals surface area contributed by atoms with Crippen molar-refractivity contribution in [3.8, 4) is 0 Å². The van der Waals surface area contributed by atoms with Crippen LogP contribution in [-0.4, -0.2) is 9.38 Å². The predicted molar refractivity (Wildman–Crippen MR) is 68.9 cm³/mol. The normalized spacial score (nSPS) is 14.4. The molecule has 0 saturated carbocycles. The summed E-state index contributed by atoms with van der Waals surface area (Å²) in [6.45, 7) is 0. The first-order chi connectivity index (χ1) is 7.68. The van der Waals surface area contributed by atoms with Crippen LogP contribution in [0.2, 0.25) is 0 Å². The summed E-state index contributed by atoms with van der Waals surface area (Å²) in [7, 11) is 0. The fourth-order valence-corrected chi connectivity index (χ4v) is 2.83. The Hall–Kier alpha value is -0.680. The van der Waals surface area contributed by atoms with Gasteiger partial charge in [0.2, 0.25) is 0 Å². The number of rotatable bonds is 0. The topological polar surface area (TPSA) is 34.4 Å². The molecule has 0 fully saturated rings. The van der Waals surface area contributed by atoms with E-state index >= 15 is 0 Å². The van der Waals surface area contributed by atoms with E-state index in [1.807, 2.05) is 6.07 Å². The van der Waals surface area contributed by atoms with Crippen LogP contribution in [0.25, 0.3) is 5.65 Å². The van der Waals surface area contributed by atoms with Gasteiger partial charge in [0, 0.05) is 16.2 Å². The summed E-state index contributed by atoms with van der Waals surface area (Å²) < 4.78 is 3.36. The van der Waals surface area contributed by atoms with Crippen molar-refractivity contribution in [2.75, 3.05) is 0 Å². The molecule has 0 saturated heterocycles. The second kappa shape index (κ2) is 3.67. The SMILES string of the molecule is O=c1c2c(nc3c(Br)c(Br)ccn13)CCC2. The summed E-state index contributed by atoms with van der Waals surface area (Å²) in [5, 5.41) is 0. The first-order valence-corrected chi connectivity index (χ1v) is 6.65. The average molecular weight is 344 g/mol. The van der Waals surface area contributed by atoms with E-state index < -0.39 is 0 Å². The van der Waals surface area contributed by atoms with Crippen molar-refractivity contribution >= 4 is 37.5 Å². The van der Waals surface area contributed by atoms with Gasteiger partial charge in [0.1, 0.15) is 0 Å². The summed E-state index contributed by atoms with van der Waals surface area (Å²) in [4.78, 5) is 16.7. The zero-order chi connectivity index (χ0) is 11.3. The Morgan fingerprint density at radius 2 is 2.12 bits per heavy atom. The van der Waals surface area contributed by atoms with Crippen LogP contribution in [-0.2, 0) is 12.8 Å². The summed E-state index contributed by atoms with van der Waals surface area (Å²) >= 11 is 6.87. The molecule has 3 nitrogen and oxygen atoms in total. The third-order valence-electron chi connectivity index (χ3n) is 2.91. The number of halogens is 2. The molecule has 3 rings (SSSR count). The number of hydrogen-bond donors (Lipinski definition) is 0. The van der Waals surface area contributed by atoms with Crippen LogP contribution in [0.5, 0.6) is 0 Å². The van der Waals surface area contributed by atoms with Gasteiger partial charge in [0.05, 0.1) is 10.2 Å². The van der Waals surface area contributed by atoms with Crippen LogP contribution in [0.15, 0.2) is 26.0 Å². The van der Waals surface area contributed by atoms with E-state index in [1.165, 1.54) is 0 Å². The average Bonchev–Trinajstić information content (AvgIpc) is 2.73. The first kappa shape index (κ1) is 10.5. The van der Waals surface area contributed by atoms with Crippen molar-refractivity contribution in [3.05, 3.63) is 42.8 Å². The second-order valence-electron chi connectivity index (χ2n) is 3.87. The molecule has 16 heavy (non-hydrogen) atoms. The monoisotopic (exact) mass is 342 g/mol. The minimum atomic E-state index is 0.0747. The van der Waals surface area contributed by atoms with E-state index in [4.69, 9.17) is 0 Å². The van der Waals surface area contributed by atoms with Crippen LogP contribution >= 0.6 is 31.9 Å². The fourth-order valence-electron chi connectivity index (χ4n) is 2.12. The molecule has 2 aromatic heterocycles. The molecule has 0 N–H and O–H groups in total. The van der Waals surface area contributed by atoms with Crippen molar-refractivity contribution < 1.29 is 0 Å². The zero-order valence-electron chi connectivity index (χ0n) is 8.33. The minimum Gasteiger partial charge on any atom is -0.269 e. The Labute approximate surface area is 109 Å². The number of aryl methyl sites for hydroxylation is 1. The van der Waals surface area contributed by atoms with E-state index in [9.17, 15) is 4.79 Å². The Morgan fingerprint density at radius 3 is 2.94 bits per heavy atom. The maximum atomic E-state index is 12.2. The van der Waals surface area contributed by atoms with Gasteiger partial charge in [-0.15, -0.1) is 0 Å². The van der Waals surface area contributed by atoms with Gasteiger partial charge in [-0.3, -0.25) is 9.20 Å². The number of pyridine rings is 1. The van der Waals surface area contributed by atoms with Crippen LogP contribution in [0, 0.1) is 0 Å². The molecular formula is C11H8Br2N2O.